The van der Waals surface area contributed by atoms with E-state index in [1.165, 1.54) is 0 Å². The third-order valence-electron chi connectivity index (χ3n) is 2.65. The summed E-state index contributed by atoms with van der Waals surface area (Å²) in [5.74, 6) is -1.03. The number of aliphatic hydroxyl groups is 3. The molecule has 1 aromatic heterocycles. The second kappa shape index (κ2) is 5.27. The topological polar surface area (TPSA) is 124 Å². The predicted molar refractivity (Wildman–Crippen MR) is 65.8 cm³/mol. The molecule has 0 spiro atoms. The van der Waals surface area contributed by atoms with Gasteiger partial charge >= 0.3 is 0 Å². The zero-order valence-corrected chi connectivity index (χ0v) is 9.78. The first-order valence-electron chi connectivity index (χ1n) is 5.55. The maximum Gasteiger partial charge on any atom is 0.278 e. The molecule has 0 aliphatic carbocycles. The van der Waals surface area contributed by atoms with Crippen molar-refractivity contribution in [3.63, 3.8) is 0 Å². The lowest BCUT2D eigenvalue weighted by Gasteiger charge is -2.13. The van der Waals surface area contributed by atoms with Gasteiger partial charge in [-0.2, -0.15) is 0 Å². The highest BCUT2D eigenvalue weighted by Crippen LogP contribution is 2.08. The Morgan fingerprint density at radius 1 is 1.32 bits per heavy atom. The molecule has 7 nitrogen and oxygen atoms in total. The third-order valence-corrected chi connectivity index (χ3v) is 2.65. The molecule has 2 aromatic rings. The van der Waals surface area contributed by atoms with Crippen molar-refractivity contribution in [3.05, 3.63) is 40.3 Å². The maximum atomic E-state index is 11.8. The highest BCUT2D eigenvalue weighted by atomic mass is 16.4. The lowest BCUT2D eigenvalue weighted by atomic mass is 10.1. The number of carbonyl (C=O) groups is 1. The Kier molecular flexibility index (Phi) is 3.70. The fourth-order valence-electron chi connectivity index (χ4n) is 1.61. The fraction of sp³-hybridized carbons (Fsp3) is 0.250. The van der Waals surface area contributed by atoms with Gasteiger partial charge in [-0.25, -0.2) is 4.98 Å². The zero-order chi connectivity index (χ0) is 14.0. The highest BCUT2D eigenvalue weighted by Gasteiger charge is 2.28. The van der Waals surface area contributed by atoms with Gasteiger partial charge < -0.3 is 20.3 Å². The van der Waals surface area contributed by atoms with Gasteiger partial charge in [0.05, 0.1) is 17.6 Å². The number of nitrogens with zero attached hydrogens (tertiary/aromatic N) is 1. The SMILES string of the molecule is O=C(c1nc2ccccc2[nH]c1=O)C(O)C(O)CO. The fourth-order valence-corrected chi connectivity index (χ4v) is 1.61. The lowest BCUT2D eigenvalue weighted by molar-refractivity contribution is -0.00523. The minimum atomic E-state index is -1.89. The standard InChI is InChI=1S/C12H12N2O5/c15-5-8(16)10(17)11(18)9-12(19)14-7-4-2-1-3-6(7)13-9/h1-4,8,10,15-17H,5H2,(H,14,19). The molecule has 1 heterocycles. The molecule has 2 rings (SSSR count). The van der Waals surface area contributed by atoms with Gasteiger partial charge in [-0.3, -0.25) is 9.59 Å². The number of aromatic amines is 1. The summed E-state index contributed by atoms with van der Waals surface area (Å²) in [5.41, 5.74) is -0.413. The maximum absolute atomic E-state index is 11.8. The first kappa shape index (κ1) is 13.3. The molecule has 2 atom stereocenters. The second-order valence-electron chi connectivity index (χ2n) is 3.99. The molecule has 4 N–H and O–H groups in total. The van der Waals surface area contributed by atoms with Crippen LogP contribution in [0.3, 0.4) is 0 Å². The quantitative estimate of drug-likeness (QED) is 0.515. The van der Waals surface area contributed by atoms with Crippen LogP contribution < -0.4 is 5.56 Å². The molecule has 0 amide bonds. The number of hydrogen-bond donors (Lipinski definition) is 4. The first-order valence-corrected chi connectivity index (χ1v) is 5.55. The van der Waals surface area contributed by atoms with Crippen molar-refractivity contribution in [3.8, 4) is 0 Å². The van der Waals surface area contributed by atoms with Gasteiger partial charge in [0.25, 0.3) is 5.56 Å². The van der Waals surface area contributed by atoms with E-state index >= 15 is 0 Å². The Labute approximate surface area is 107 Å². The number of para-hydroxylation sites is 2. The van der Waals surface area contributed by atoms with Gasteiger partial charge in [-0.15, -0.1) is 0 Å². The molecule has 0 aliphatic rings. The summed E-state index contributed by atoms with van der Waals surface area (Å²) in [7, 11) is 0. The van der Waals surface area contributed by atoms with Crippen LogP contribution in [0.15, 0.2) is 29.1 Å². The molecule has 0 radical (unpaired) electrons. The number of Topliss-reactive ketones (excluding diaryl/α,β-unsaturated/α-hetero) is 1. The predicted octanol–water partition coefficient (Wildman–Crippen LogP) is -1.18. The van der Waals surface area contributed by atoms with Gasteiger partial charge in [0, 0.05) is 0 Å². The molecular formula is C12H12N2O5. The van der Waals surface area contributed by atoms with Crippen LogP contribution in [0.25, 0.3) is 11.0 Å². The van der Waals surface area contributed by atoms with Crippen LogP contribution in [0, 0.1) is 0 Å². The van der Waals surface area contributed by atoms with E-state index in [-0.39, 0.29) is 0 Å². The van der Waals surface area contributed by atoms with E-state index in [0.717, 1.165) is 0 Å². The van der Waals surface area contributed by atoms with Crippen LogP contribution >= 0.6 is 0 Å². The Bertz CT molecular complexity index is 666. The normalized spacial score (nSPS) is 14.3. The van der Waals surface area contributed by atoms with Crippen LogP contribution in [0.2, 0.25) is 0 Å². The summed E-state index contributed by atoms with van der Waals surface area (Å²) in [4.78, 5) is 29.8. The molecule has 7 heteroatoms. The van der Waals surface area contributed by atoms with Crippen molar-refractivity contribution in [1.29, 1.82) is 0 Å². The molecule has 0 aliphatic heterocycles. The van der Waals surface area contributed by atoms with E-state index in [1.807, 2.05) is 0 Å². The molecule has 0 fully saturated rings. The molecule has 19 heavy (non-hydrogen) atoms. The highest BCUT2D eigenvalue weighted by molar-refractivity contribution is 5.98. The summed E-state index contributed by atoms with van der Waals surface area (Å²) in [6.07, 6.45) is -3.54. The molecule has 0 bridgehead atoms. The largest absolute Gasteiger partial charge is 0.394 e. The number of aliphatic hydroxyl groups excluding tert-OH is 3. The van der Waals surface area contributed by atoms with E-state index < -0.39 is 35.9 Å². The van der Waals surface area contributed by atoms with Crippen molar-refractivity contribution in [2.24, 2.45) is 0 Å². The van der Waals surface area contributed by atoms with Crippen LogP contribution in [0.4, 0.5) is 0 Å². The number of hydrogen-bond acceptors (Lipinski definition) is 6. The Balaban J connectivity index is 2.48. The summed E-state index contributed by atoms with van der Waals surface area (Å²) in [5, 5.41) is 27.4. The van der Waals surface area contributed by atoms with E-state index in [1.54, 1.807) is 24.3 Å². The summed E-state index contributed by atoms with van der Waals surface area (Å²) >= 11 is 0. The molecule has 1 aromatic carbocycles. The Morgan fingerprint density at radius 3 is 2.68 bits per heavy atom. The second-order valence-corrected chi connectivity index (χ2v) is 3.99. The number of benzene rings is 1. The van der Waals surface area contributed by atoms with Gasteiger partial charge in [0.15, 0.2) is 5.69 Å². The zero-order valence-electron chi connectivity index (χ0n) is 9.78. The minimum Gasteiger partial charge on any atom is -0.394 e. The van der Waals surface area contributed by atoms with Gasteiger partial charge in [-0.05, 0) is 12.1 Å². The average molecular weight is 264 g/mol. The smallest absolute Gasteiger partial charge is 0.278 e. The number of nitrogens with one attached hydrogen (secondary N) is 1. The number of rotatable bonds is 4. The molecule has 100 valence electrons. The monoisotopic (exact) mass is 264 g/mol. The first-order chi connectivity index (χ1) is 9.04. The summed E-state index contributed by atoms with van der Waals surface area (Å²) in [6, 6.07) is 6.60. The van der Waals surface area contributed by atoms with E-state index in [9.17, 15) is 19.8 Å². The Hall–Kier alpha value is -2.09. The van der Waals surface area contributed by atoms with Crippen molar-refractivity contribution in [2.75, 3.05) is 6.61 Å². The number of aromatic nitrogens is 2. The number of fused-ring (bicyclic) bond motifs is 1. The van der Waals surface area contributed by atoms with E-state index in [4.69, 9.17) is 5.11 Å². The van der Waals surface area contributed by atoms with Crippen LogP contribution in [-0.4, -0.2) is 49.9 Å². The van der Waals surface area contributed by atoms with E-state index in [2.05, 4.69) is 9.97 Å². The van der Waals surface area contributed by atoms with Crippen LogP contribution in [0.1, 0.15) is 10.5 Å². The summed E-state index contributed by atoms with van der Waals surface area (Å²) < 4.78 is 0. The van der Waals surface area contributed by atoms with Crippen molar-refractivity contribution >= 4 is 16.8 Å². The lowest BCUT2D eigenvalue weighted by Crippen LogP contribution is -2.39. The van der Waals surface area contributed by atoms with Crippen molar-refractivity contribution < 1.29 is 20.1 Å². The summed E-state index contributed by atoms with van der Waals surface area (Å²) in [6.45, 7) is -0.793. The van der Waals surface area contributed by atoms with Gasteiger partial charge in [0.1, 0.15) is 12.2 Å². The molecule has 0 saturated heterocycles. The van der Waals surface area contributed by atoms with Gasteiger partial charge in [-0.1, -0.05) is 12.1 Å². The van der Waals surface area contributed by atoms with Crippen LogP contribution in [-0.2, 0) is 0 Å². The van der Waals surface area contributed by atoms with Crippen molar-refractivity contribution in [2.45, 2.75) is 12.2 Å². The Morgan fingerprint density at radius 2 is 2.00 bits per heavy atom. The number of carbonyl (C=O) groups excluding carboxylic acids is 1. The molecule has 2 unspecified atom stereocenters. The van der Waals surface area contributed by atoms with Crippen molar-refractivity contribution in [1.82, 2.24) is 9.97 Å². The average Bonchev–Trinajstić information content (AvgIpc) is 2.44. The molecular weight excluding hydrogens is 252 g/mol. The number of ketones is 1. The minimum absolute atomic E-state index is 0.385. The molecule has 0 saturated carbocycles. The van der Waals surface area contributed by atoms with Gasteiger partial charge in [0.2, 0.25) is 5.78 Å². The third kappa shape index (κ3) is 2.53. The van der Waals surface area contributed by atoms with Crippen LogP contribution in [0.5, 0.6) is 0 Å². The number of H-pyrrole nitrogens is 1. The van der Waals surface area contributed by atoms with E-state index in [0.29, 0.717) is 11.0 Å².